The van der Waals surface area contributed by atoms with Crippen LogP contribution in [0.15, 0.2) is 0 Å². The first-order valence-corrected chi connectivity index (χ1v) is 8.91. The van der Waals surface area contributed by atoms with Gasteiger partial charge in [0.05, 0.1) is 11.5 Å². The van der Waals surface area contributed by atoms with E-state index in [1.165, 1.54) is 6.42 Å². The maximum Gasteiger partial charge on any atom is 0.150 e. The molecule has 0 N–H and O–H groups in total. The van der Waals surface area contributed by atoms with Crippen LogP contribution in [0.4, 0.5) is 0 Å². The minimum absolute atomic E-state index is 0.0926. The maximum atomic E-state index is 12.3. The Bertz CT molecular complexity index is 403. The Morgan fingerprint density at radius 2 is 1.72 bits per heavy atom. The van der Waals surface area contributed by atoms with Gasteiger partial charge in [0.1, 0.15) is 5.78 Å². The third-order valence-electron chi connectivity index (χ3n) is 4.45. The highest BCUT2D eigenvalue weighted by molar-refractivity contribution is 7.91. The van der Waals surface area contributed by atoms with E-state index in [0.717, 1.165) is 12.8 Å². The molecule has 4 heteroatoms. The fraction of sp³-hybridized carbons (Fsp3) is 0.929. The van der Waals surface area contributed by atoms with Gasteiger partial charge in [-0.2, -0.15) is 0 Å². The maximum absolute atomic E-state index is 12.3. The van der Waals surface area contributed by atoms with Gasteiger partial charge in [0.25, 0.3) is 0 Å². The first kappa shape index (κ1) is 14.0. The van der Waals surface area contributed by atoms with E-state index in [1.807, 2.05) is 0 Å². The molecular formula is C14H24O3S. The Balaban J connectivity index is 1.88. The normalized spacial score (nSPS) is 39.7. The summed E-state index contributed by atoms with van der Waals surface area (Å²) in [6, 6.07) is 0. The Hall–Kier alpha value is -0.380. The molecule has 2 fully saturated rings. The van der Waals surface area contributed by atoms with E-state index < -0.39 is 9.84 Å². The van der Waals surface area contributed by atoms with Gasteiger partial charge in [-0.25, -0.2) is 8.42 Å². The van der Waals surface area contributed by atoms with Crippen LogP contribution in [0, 0.1) is 23.7 Å². The molecule has 0 radical (unpaired) electrons. The van der Waals surface area contributed by atoms with Gasteiger partial charge < -0.3 is 0 Å². The van der Waals surface area contributed by atoms with Gasteiger partial charge in [0.15, 0.2) is 9.84 Å². The molecule has 1 aliphatic carbocycles. The van der Waals surface area contributed by atoms with Crippen LogP contribution in [0.5, 0.6) is 0 Å². The van der Waals surface area contributed by atoms with E-state index in [-0.39, 0.29) is 23.3 Å². The van der Waals surface area contributed by atoms with Crippen molar-refractivity contribution in [1.29, 1.82) is 0 Å². The van der Waals surface area contributed by atoms with Crippen LogP contribution in [0.25, 0.3) is 0 Å². The van der Waals surface area contributed by atoms with Crippen molar-refractivity contribution in [2.45, 2.75) is 46.0 Å². The molecule has 0 spiro atoms. The highest BCUT2D eigenvalue weighted by Crippen LogP contribution is 2.35. The Morgan fingerprint density at radius 3 is 2.22 bits per heavy atom. The molecule has 1 heterocycles. The number of Topliss-reactive ketones (excluding diaryl/α,β-unsaturated/α-hetero) is 1. The predicted octanol–water partition coefficient (Wildman–Crippen LogP) is 2.45. The Morgan fingerprint density at radius 1 is 1.11 bits per heavy atom. The molecule has 1 saturated carbocycles. The molecule has 0 aromatic carbocycles. The average molecular weight is 272 g/mol. The van der Waals surface area contributed by atoms with Gasteiger partial charge in [-0.1, -0.05) is 13.8 Å². The minimum atomic E-state index is -2.85. The van der Waals surface area contributed by atoms with Crippen molar-refractivity contribution in [3.63, 3.8) is 0 Å². The van der Waals surface area contributed by atoms with E-state index in [2.05, 4.69) is 13.8 Å². The number of sulfone groups is 1. The fourth-order valence-corrected chi connectivity index (χ4v) is 5.56. The largest absolute Gasteiger partial charge is 0.299 e. The second-order valence-electron chi connectivity index (χ2n) is 6.55. The van der Waals surface area contributed by atoms with Gasteiger partial charge in [0.2, 0.25) is 0 Å². The zero-order valence-electron chi connectivity index (χ0n) is 11.4. The first-order valence-electron chi connectivity index (χ1n) is 7.09. The van der Waals surface area contributed by atoms with Crippen LogP contribution in [-0.2, 0) is 14.6 Å². The molecule has 2 aliphatic rings. The minimum Gasteiger partial charge on any atom is -0.299 e. The molecule has 0 amide bonds. The van der Waals surface area contributed by atoms with Crippen molar-refractivity contribution in [2.24, 2.45) is 23.7 Å². The second kappa shape index (κ2) is 5.32. The average Bonchev–Trinajstić information content (AvgIpc) is 2.56. The molecule has 104 valence electrons. The molecule has 0 aromatic heterocycles. The van der Waals surface area contributed by atoms with Crippen LogP contribution in [-0.4, -0.2) is 25.7 Å². The third-order valence-corrected chi connectivity index (χ3v) is 6.29. The summed E-state index contributed by atoms with van der Waals surface area (Å²) in [6.45, 7) is 4.44. The molecular weight excluding hydrogens is 248 g/mol. The summed E-state index contributed by atoms with van der Waals surface area (Å²) in [6.07, 6.45) is 4.40. The molecule has 3 atom stereocenters. The van der Waals surface area contributed by atoms with Crippen LogP contribution in [0.2, 0.25) is 0 Å². The lowest BCUT2D eigenvalue weighted by molar-refractivity contribution is -0.125. The topological polar surface area (TPSA) is 51.2 Å². The molecule has 1 aliphatic heterocycles. The lowest BCUT2D eigenvalue weighted by Crippen LogP contribution is -2.27. The summed E-state index contributed by atoms with van der Waals surface area (Å²) in [5.41, 5.74) is 0. The Labute approximate surface area is 110 Å². The molecule has 1 saturated heterocycles. The number of ketones is 1. The van der Waals surface area contributed by atoms with Crippen molar-refractivity contribution in [3.05, 3.63) is 0 Å². The van der Waals surface area contributed by atoms with Gasteiger partial charge in [0, 0.05) is 12.3 Å². The lowest BCUT2D eigenvalue weighted by Gasteiger charge is -2.31. The molecule has 2 rings (SSSR count). The van der Waals surface area contributed by atoms with Crippen LogP contribution in [0.3, 0.4) is 0 Å². The first-order chi connectivity index (χ1) is 8.35. The summed E-state index contributed by atoms with van der Waals surface area (Å²) in [5, 5.41) is 0. The SMILES string of the molecule is CC1CC(C)CC(C(=O)CC2CCS(=O)(=O)C2)C1. The van der Waals surface area contributed by atoms with E-state index >= 15 is 0 Å². The van der Waals surface area contributed by atoms with Crippen LogP contribution >= 0.6 is 0 Å². The quantitative estimate of drug-likeness (QED) is 0.793. The van der Waals surface area contributed by atoms with Crippen molar-refractivity contribution in [1.82, 2.24) is 0 Å². The van der Waals surface area contributed by atoms with Gasteiger partial charge >= 0.3 is 0 Å². The number of hydrogen-bond donors (Lipinski definition) is 0. The monoisotopic (exact) mass is 272 g/mol. The second-order valence-corrected chi connectivity index (χ2v) is 8.78. The zero-order chi connectivity index (χ0) is 13.3. The summed E-state index contributed by atoms with van der Waals surface area (Å²) in [5.74, 6) is 2.38. The summed E-state index contributed by atoms with van der Waals surface area (Å²) in [4.78, 5) is 12.3. The summed E-state index contributed by atoms with van der Waals surface area (Å²) >= 11 is 0. The summed E-state index contributed by atoms with van der Waals surface area (Å²) < 4.78 is 22.8. The summed E-state index contributed by atoms with van der Waals surface area (Å²) in [7, 11) is -2.85. The predicted molar refractivity (Wildman–Crippen MR) is 72.1 cm³/mol. The molecule has 0 aromatic rings. The van der Waals surface area contributed by atoms with E-state index in [9.17, 15) is 13.2 Å². The number of rotatable bonds is 3. The third kappa shape index (κ3) is 3.56. The lowest BCUT2D eigenvalue weighted by atomic mass is 9.74. The fourth-order valence-electron chi connectivity index (χ4n) is 3.69. The highest BCUT2D eigenvalue weighted by atomic mass is 32.2. The van der Waals surface area contributed by atoms with E-state index in [1.54, 1.807) is 0 Å². The van der Waals surface area contributed by atoms with Crippen molar-refractivity contribution >= 4 is 15.6 Å². The number of carbonyl (C=O) groups excluding carboxylic acids is 1. The zero-order valence-corrected chi connectivity index (χ0v) is 12.2. The van der Waals surface area contributed by atoms with E-state index in [0.29, 0.717) is 30.5 Å². The molecule has 3 unspecified atom stereocenters. The molecule has 18 heavy (non-hydrogen) atoms. The molecule has 0 bridgehead atoms. The smallest absolute Gasteiger partial charge is 0.150 e. The number of hydrogen-bond acceptors (Lipinski definition) is 3. The Kier molecular flexibility index (Phi) is 4.15. The van der Waals surface area contributed by atoms with Crippen molar-refractivity contribution < 1.29 is 13.2 Å². The van der Waals surface area contributed by atoms with Crippen molar-refractivity contribution in [2.75, 3.05) is 11.5 Å². The van der Waals surface area contributed by atoms with Crippen LogP contribution in [0.1, 0.15) is 46.0 Å². The molecule has 3 nitrogen and oxygen atoms in total. The van der Waals surface area contributed by atoms with Crippen LogP contribution < -0.4 is 0 Å². The van der Waals surface area contributed by atoms with E-state index in [4.69, 9.17) is 0 Å². The van der Waals surface area contributed by atoms with Gasteiger partial charge in [-0.05, 0) is 43.4 Å². The number of carbonyl (C=O) groups is 1. The standard InChI is InChI=1S/C14H24O3S/c1-10-5-11(2)7-13(6-10)14(15)8-12-3-4-18(16,17)9-12/h10-13H,3-9H2,1-2H3. The van der Waals surface area contributed by atoms with Crippen molar-refractivity contribution in [3.8, 4) is 0 Å². The highest BCUT2D eigenvalue weighted by Gasteiger charge is 2.33. The van der Waals surface area contributed by atoms with Gasteiger partial charge in [-0.15, -0.1) is 0 Å². The van der Waals surface area contributed by atoms with Gasteiger partial charge in [-0.3, -0.25) is 4.79 Å².